The van der Waals surface area contributed by atoms with Crippen LogP contribution in [0.4, 0.5) is 0 Å². The predicted molar refractivity (Wildman–Crippen MR) is 86.0 cm³/mol. The van der Waals surface area contributed by atoms with Gasteiger partial charge in [0.05, 0.1) is 6.61 Å². The number of nitrogens with zero attached hydrogens (tertiary/aromatic N) is 2. The molecule has 1 aromatic heterocycles. The van der Waals surface area contributed by atoms with E-state index < -0.39 is 0 Å². The zero-order valence-electron chi connectivity index (χ0n) is 11.9. The van der Waals surface area contributed by atoms with Crippen molar-refractivity contribution in [2.75, 3.05) is 13.7 Å². The molecule has 1 heterocycles. The van der Waals surface area contributed by atoms with Crippen molar-refractivity contribution in [3.8, 4) is 0 Å². The molecule has 3 aromatic rings. The molecule has 0 saturated heterocycles. The van der Waals surface area contributed by atoms with E-state index in [0.717, 1.165) is 18.8 Å². The molecule has 0 saturated carbocycles. The second-order valence-electron chi connectivity index (χ2n) is 4.95. The number of fused-ring (bicyclic) bond motifs is 1. The number of hydrogen-bond acceptors (Lipinski definition) is 3. The molecule has 1 N–H and O–H groups in total. The van der Waals surface area contributed by atoms with Crippen molar-refractivity contribution < 1.29 is 4.74 Å². The van der Waals surface area contributed by atoms with Crippen LogP contribution in [0.3, 0.4) is 0 Å². The Hall–Kier alpha value is -1.98. The minimum absolute atomic E-state index is 0.624. The Kier molecular flexibility index (Phi) is 4.13. The molecule has 0 aliphatic carbocycles. The summed E-state index contributed by atoms with van der Waals surface area (Å²) in [5.74, 6) is 0.937. The van der Waals surface area contributed by atoms with Crippen molar-refractivity contribution in [2.45, 2.75) is 13.0 Å². The fourth-order valence-electron chi connectivity index (χ4n) is 2.43. The third kappa shape index (κ3) is 3.04. The van der Waals surface area contributed by atoms with E-state index in [1.165, 1.54) is 16.3 Å². The second-order valence-corrected chi connectivity index (χ2v) is 5.33. The number of H-pyrrole nitrogens is 1. The first-order valence-electron chi connectivity index (χ1n) is 6.88. The standard InChI is InChI=1S/C16H17N3OS/c1-20-9-8-19-15(17-18-16(19)21)11-12-6-7-13-4-2-3-5-14(13)10-12/h2-7,10H,8-9,11H2,1H3,(H,18,21). The van der Waals surface area contributed by atoms with Crippen LogP contribution in [0.15, 0.2) is 42.5 Å². The molecule has 0 bridgehead atoms. The van der Waals surface area contributed by atoms with Crippen LogP contribution in [0.25, 0.3) is 10.8 Å². The van der Waals surface area contributed by atoms with E-state index in [9.17, 15) is 0 Å². The van der Waals surface area contributed by atoms with Gasteiger partial charge in [0.1, 0.15) is 5.82 Å². The summed E-state index contributed by atoms with van der Waals surface area (Å²) >= 11 is 5.27. The first kappa shape index (κ1) is 14.0. The molecule has 108 valence electrons. The zero-order chi connectivity index (χ0) is 14.7. The number of rotatable bonds is 5. The summed E-state index contributed by atoms with van der Waals surface area (Å²) < 4.78 is 7.76. The van der Waals surface area contributed by atoms with Crippen LogP contribution in [-0.2, 0) is 17.7 Å². The highest BCUT2D eigenvalue weighted by Gasteiger charge is 2.07. The zero-order valence-corrected chi connectivity index (χ0v) is 12.7. The van der Waals surface area contributed by atoms with Crippen molar-refractivity contribution in [3.05, 3.63) is 58.6 Å². The summed E-state index contributed by atoms with van der Waals surface area (Å²) in [7, 11) is 1.69. The van der Waals surface area contributed by atoms with Crippen LogP contribution in [0, 0.1) is 4.77 Å². The van der Waals surface area contributed by atoms with E-state index in [1.807, 2.05) is 4.57 Å². The molecule has 5 heteroatoms. The average Bonchev–Trinajstić information content (AvgIpc) is 2.85. The molecular weight excluding hydrogens is 282 g/mol. The van der Waals surface area contributed by atoms with E-state index in [1.54, 1.807) is 7.11 Å². The third-order valence-electron chi connectivity index (χ3n) is 3.53. The van der Waals surface area contributed by atoms with Gasteiger partial charge in [0, 0.05) is 20.1 Å². The Bertz CT molecular complexity index is 806. The first-order chi connectivity index (χ1) is 10.3. The minimum Gasteiger partial charge on any atom is -0.383 e. The van der Waals surface area contributed by atoms with Gasteiger partial charge < -0.3 is 9.30 Å². The van der Waals surface area contributed by atoms with Gasteiger partial charge in [-0.1, -0.05) is 42.5 Å². The number of ether oxygens (including phenoxy) is 1. The van der Waals surface area contributed by atoms with E-state index >= 15 is 0 Å². The molecule has 0 aliphatic heterocycles. The second kappa shape index (κ2) is 6.20. The number of hydrogen-bond donors (Lipinski definition) is 1. The maximum atomic E-state index is 5.27. The lowest BCUT2D eigenvalue weighted by molar-refractivity contribution is 0.186. The molecule has 0 unspecified atom stereocenters. The predicted octanol–water partition coefficient (Wildman–Crippen LogP) is 3.33. The van der Waals surface area contributed by atoms with Crippen molar-refractivity contribution in [1.29, 1.82) is 0 Å². The third-order valence-corrected chi connectivity index (χ3v) is 3.84. The van der Waals surface area contributed by atoms with Crippen LogP contribution < -0.4 is 0 Å². The van der Waals surface area contributed by atoms with Gasteiger partial charge in [-0.25, -0.2) is 0 Å². The maximum absolute atomic E-state index is 5.27. The lowest BCUT2D eigenvalue weighted by atomic mass is 10.0. The molecule has 0 amide bonds. The highest BCUT2D eigenvalue weighted by atomic mass is 32.1. The lowest BCUT2D eigenvalue weighted by Gasteiger charge is -2.07. The molecule has 4 nitrogen and oxygen atoms in total. The summed E-state index contributed by atoms with van der Waals surface area (Å²) in [4.78, 5) is 0. The number of aromatic nitrogens is 3. The van der Waals surface area contributed by atoms with Gasteiger partial charge in [-0.3, -0.25) is 5.10 Å². The molecule has 3 rings (SSSR count). The van der Waals surface area contributed by atoms with Crippen molar-refractivity contribution in [1.82, 2.24) is 14.8 Å². The van der Waals surface area contributed by atoms with Crippen LogP contribution in [-0.4, -0.2) is 28.5 Å². The summed E-state index contributed by atoms with van der Waals surface area (Å²) in [6, 6.07) is 14.8. The normalized spacial score (nSPS) is 11.1. The monoisotopic (exact) mass is 299 g/mol. The van der Waals surface area contributed by atoms with Crippen LogP contribution in [0.2, 0.25) is 0 Å². The average molecular weight is 299 g/mol. The molecule has 0 atom stereocenters. The van der Waals surface area contributed by atoms with E-state index in [4.69, 9.17) is 17.0 Å². The molecule has 21 heavy (non-hydrogen) atoms. The Labute approximate surface area is 128 Å². The smallest absolute Gasteiger partial charge is 0.195 e. The summed E-state index contributed by atoms with van der Waals surface area (Å²) in [6.45, 7) is 1.34. The van der Waals surface area contributed by atoms with Gasteiger partial charge in [-0.2, -0.15) is 5.10 Å². The van der Waals surface area contributed by atoms with Gasteiger partial charge in [0.25, 0.3) is 0 Å². The highest BCUT2D eigenvalue weighted by molar-refractivity contribution is 7.71. The largest absolute Gasteiger partial charge is 0.383 e. The van der Waals surface area contributed by atoms with Gasteiger partial charge >= 0.3 is 0 Å². The van der Waals surface area contributed by atoms with Gasteiger partial charge in [-0.05, 0) is 28.6 Å². The van der Waals surface area contributed by atoms with Gasteiger partial charge in [-0.15, -0.1) is 0 Å². The number of aromatic amines is 1. The highest BCUT2D eigenvalue weighted by Crippen LogP contribution is 2.17. The number of methoxy groups -OCH3 is 1. The van der Waals surface area contributed by atoms with Crippen molar-refractivity contribution in [3.63, 3.8) is 0 Å². The van der Waals surface area contributed by atoms with Crippen LogP contribution in [0.5, 0.6) is 0 Å². The fourth-order valence-corrected chi connectivity index (χ4v) is 2.67. The van der Waals surface area contributed by atoms with E-state index in [2.05, 4.69) is 52.7 Å². The number of benzene rings is 2. The quantitative estimate of drug-likeness (QED) is 0.735. The molecule has 0 fully saturated rings. The molecule has 0 radical (unpaired) electrons. The summed E-state index contributed by atoms with van der Waals surface area (Å²) in [6.07, 6.45) is 0.752. The molecular formula is C16H17N3OS. The van der Waals surface area contributed by atoms with Gasteiger partial charge in [0.15, 0.2) is 4.77 Å². The first-order valence-corrected chi connectivity index (χ1v) is 7.29. The molecule has 0 aliphatic rings. The Morgan fingerprint density at radius 1 is 1.19 bits per heavy atom. The SMILES string of the molecule is COCCn1c(Cc2ccc3ccccc3c2)n[nH]c1=S. The minimum atomic E-state index is 0.624. The molecule has 0 spiro atoms. The van der Waals surface area contributed by atoms with Crippen molar-refractivity contribution in [2.24, 2.45) is 0 Å². The van der Waals surface area contributed by atoms with Crippen LogP contribution >= 0.6 is 12.2 Å². The lowest BCUT2D eigenvalue weighted by Crippen LogP contribution is -2.09. The topological polar surface area (TPSA) is 42.8 Å². The Morgan fingerprint density at radius 2 is 2.00 bits per heavy atom. The summed E-state index contributed by atoms with van der Waals surface area (Å²) in [5, 5.41) is 9.69. The molecule has 2 aromatic carbocycles. The maximum Gasteiger partial charge on any atom is 0.195 e. The van der Waals surface area contributed by atoms with Crippen LogP contribution in [0.1, 0.15) is 11.4 Å². The van der Waals surface area contributed by atoms with E-state index in [0.29, 0.717) is 11.4 Å². The Morgan fingerprint density at radius 3 is 2.81 bits per heavy atom. The fraction of sp³-hybridized carbons (Fsp3) is 0.250. The van der Waals surface area contributed by atoms with E-state index in [-0.39, 0.29) is 0 Å². The summed E-state index contributed by atoms with van der Waals surface area (Å²) in [5.41, 5.74) is 1.22. The Balaban J connectivity index is 1.89. The van der Waals surface area contributed by atoms with Gasteiger partial charge in [0.2, 0.25) is 0 Å². The number of nitrogens with one attached hydrogen (secondary N) is 1. The van der Waals surface area contributed by atoms with Crippen molar-refractivity contribution >= 4 is 23.0 Å².